The molecule has 2 heteroatoms. The summed E-state index contributed by atoms with van der Waals surface area (Å²) in [5.74, 6) is 1.11. The molecule has 0 saturated carbocycles. The predicted octanol–water partition coefficient (Wildman–Crippen LogP) is 2.72. The van der Waals surface area contributed by atoms with Crippen molar-refractivity contribution < 1.29 is 9.47 Å². The van der Waals surface area contributed by atoms with Gasteiger partial charge in [0.1, 0.15) is 0 Å². The van der Waals surface area contributed by atoms with Crippen LogP contribution in [0.1, 0.15) is 34.1 Å². The molecule has 0 aromatic rings. The van der Waals surface area contributed by atoms with E-state index < -0.39 is 0 Å². The van der Waals surface area contributed by atoms with Crippen LogP contribution in [-0.2, 0) is 9.47 Å². The molecule has 0 spiro atoms. The van der Waals surface area contributed by atoms with Gasteiger partial charge in [0, 0.05) is 20.6 Å². The zero-order valence-corrected chi connectivity index (χ0v) is 9.83. The Labute approximate surface area is 82.6 Å². The molecule has 13 heavy (non-hydrogen) atoms. The fraction of sp³-hybridized carbons (Fsp3) is 1.00. The Balaban J connectivity index is 4.03. The quantitative estimate of drug-likeness (QED) is 0.638. The zero-order valence-electron chi connectivity index (χ0n) is 9.83. The van der Waals surface area contributed by atoms with E-state index in [0.717, 1.165) is 6.42 Å². The van der Waals surface area contributed by atoms with Gasteiger partial charge in [0.05, 0.1) is 12.2 Å². The maximum Gasteiger partial charge on any atom is 0.0619 e. The van der Waals surface area contributed by atoms with E-state index in [1.54, 1.807) is 14.2 Å². The Morgan fingerprint density at radius 2 is 1.08 bits per heavy atom. The average Bonchev–Trinajstić information content (AvgIpc) is 2.05. The lowest BCUT2D eigenvalue weighted by atomic mass is 9.95. The van der Waals surface area contributed by atoms with Gasteiger partial charge >= 0.3 is 0 Å². The second-order valence-electron chi connectivity index (χ2n) is 4.27. The minimum absolute atomic E-state index is 0.312. The van der Waals surface area contributed by atoms with Crippen molar-refractivity contribution in [3.63, 3.8) is 0 Å². The molecule has 0 aliphatic rings. The van der Waals surface area contributed by atoms with Crippen LogP contribution in [0.15, 0.2) is 0 Å². The Bertz CT molecular complexity index is 107. The van der Waals surface area contributed by atoms with E-state index in [9.17, 15) is 0 Å². The van der Waals surface area contributed by atoms with E-state index in [1.807, 2.05) is 0 Å². The fourth-order valence-corrected chi connectivity index (χ4v) is 1.51. The summed E-state index contributed by atoms with van der Waals surface area (Å²) in [6.45, 7) is 8.73. The molecule has 0 saturated heterocycles. The third kappa shape index (κ3) is 4.63. The number of rotatable bonds is 6. The van der Waals surface area contributed by atoms with Crippen LogP contribution in [0.2, 0.25) is 0 Å². The maximum atomic E-state index is 5.41. The van der Waals surface area contributed by atoms with Crippen molar-refractivity contribution >= 4 is 0 Å². The average molecular weight is 188 g/mol. The van der Waals surface area contributed by atoms with Crippen molar-refractivity contribution in [2.45, 2.75) is 46.3 Å². The van der Waals surface area contributed by atoms with Gasteiger partial charge in [0.15, 0.2) is 0 Å². The number of hydrogen-bond acceptors (Lipinski definition) is 2. The first-order chi connectivity index (χ1) is 6.02. The molecule has 2 nitrogen and oxygen atoms in total. The molecule has 0 heterocycles. The number of methoxy groups -OCH3 is 2. The van der Waals surface area contributed by atoms with Crippen LogP contribution >= 0.6 is 0 Å². The Hall–Kier alpha value is -0.0800. The molecule has 0 bridgehead atoms. The van der Waals surface area contributed by atoms with Crippen LogP contribution in [-0.4, -0.2) is 26.4 Å². The third-order valence-corrected chi connectivity index (χ3v) is 2.56. The first kappa shape index (κ1) is 12.9. The lowest BCUT2D eigenvalue weighted by molar-refractivity contribution is -0.0157. The van der Waals surface area contributed by atoms with E-state index in [0.29, 0.717) is 24.0 Å². The van der Waals surface area contributed by atoms with Crippen LogP contribution < -0.4 is 0 Å². The number of ether oxygens (including phenoxy) is 2. The smallest absolute Gasteiger partial charge is 0.0619 e. The summed E-state index contributed by atoms with van der Waals surface area (Å²) in [6, 6.07) is 0. The molecule has 80 valence electrons. The zero-order chi connectivity index (χ0) is 10.4. The molecule has 0 rings (SSSR count). The summed E-state index contributed by atoms with van der Waals surface area (Å²) in [5.41, 5.74) is 0. The highest BCUT2D eigenvalue weighted by Crippen LogP contribution is 2.18. The minimum Gasteiger partial charge on any atom is -0.381 e. The Kier molecular flexibility index (Phi) is 6.35. The molecule has 0 aliphatic carbocycles. The van der Waals surface area contributed by atoms with E-state index in [2.05, 4.69) is 27.7 Å². The molecule has 0 radical (unpaired) electrons. The van der Waals surface area contributed by atoms with Crippen LogP contribution in [0.5, 0.6) is 0 Å². The lowest BCUT2D eigenvalue weighted by Crippen LogP contribution is -2.29. The normalized spacial score (nSPS) is 16.6. The van der Waals surface area contributed by atoms with Gasteiger partial charge in [-0.2, -0.15) is 0 Å². The molecular formula is C11H24O2. The SMILES string of the molecule is COC(CC(OC)C(C)C)C(C)C. The van der Waals surface area contributed by atoms with Crippen LogP contribution in [0.3, 0.4) is 0 Å². The lowest BCUT2D eigenvalue weighted by Gasteiger charge is -2.26. The second-order valence-corrected chi connectivity index (χ2v) is 4.27. The summed E-state index contributed by atoms with van der Waals surface area (Å²) < 4.78 is 10.8. The van der Waals surface area contributed by atoms with Crippen molar-refractivity contribution in [3.05, 3.63) is 0 Å². The molecule has 0 aliphatic heterocycles. The van der Waals surface area contributed by atoms with Gasteiger partial charge in [-0.1, -0.05) is 27.7 Å². The molecule has 2 unspecified atom stereocenters. The summed E-state index contributed by atoms with van der Waals surface area (Å²) in [7, 11) is 3.55. The second kappa shape index (κ2) is 6.39. The Morgan fingerprint density at radius 1 is 0.769 bits per heavy atom. The van der Waals surface area contributed by atoms with Crippen LogP contribution in [0.4, 0.5) is 0 Å². The van der Waals surface area contributed by atoms with Gasteiger partial charge < -0.3 is 9.47 Å². The molecule has 2 atom stereocenters. The van der Waals surface area contributed by atoms with E-state index in [-0.39, 0.29) is 0 Å². The van der Waals surface area contributed by atoms with E-state index in [4.69, 9.17) is 9.47 Å². The molecule has 0 N–H and O–H groups in total. The van der Waals surface area contributed by atoms with Crippen molar-refractivity contribution in [2.75, 3.05) is 14.2 Å². The highest BCUT2D eigenvalue weighted by atomic mass is 16.5. The molecular weight excluding hydrogens is 164 g/mol. The van der Waals surface area contributed by atoms with Gasteiger partial charge in [-0.05, 0) is 11.8 Å². The van der Waals surface area contributed by atoms with Gasteiger partial charge in [0.25, 0.3) is 0 Å². The molecule has 0 aromatic heterocycles. The summed E-state index contributed by atoms with van der Waals surface area (Å²) in [6.07, 6.45) is 1.61. The fourth-order valence-electron chi connectivity index (χ4n) is 1.51. The standard InChI is InChI=1S/C11H24O2/c1-8(2)10(12-5)7-11(13-6)9(3)4/h8-11H,7H2,1-6H3. The van der Waals surface area contributed by atoms with E-state index >= 15 is 0 Å². The summed E-state index contributed by atoms with van der Waals surface area (Å²) in [4.78, 5) is 0. The first-order valence-electron chi connectivity index (χ1n) is 5.08. The first-order valence-corrected chi connectivity index (χ1v) is 5.08. The van der Waals surface area contributed by atoms with Crippen LogP contribution in [0.25, 0.3) is 0 Å². The third-order valence-electron chi connectivity index (χ3n) is 2.56. The highest BCUT2D eigenvalue weighted by molar-refractivity contribution is 4.71. The van der Waals surface area contributed by atoms with Crippen molar-refractivity contribution in [1.82, 2.24) is 0 Å². The molecule has 0 fully saturated rings. The largest absolute Gasteiger partial charge is 0.381 e. The predicted molar refractivity (Wildman–Crippen MR) is 55.9 cm³/mol. The van der Waals surface area contributed by atoms with Gasteiger partial charge in [-0.3, -0.25) is 0 Å². The Morgan fingerprint density at radius 3 is 1.23 bits per heavy atom. The summed E-state index contributed by atoms with van der Waals surface area (Å²) in [5, 5.41) is 0. The van der Waals surface area contributed by atoms with Gasteiger partial charge in [-0.15, -0.1) is 0 Å². The highest BCUT2D eigenvalue weighted by Gasteiger charge is 2.20. The minimum atomic E-state index is 0.312. The van der Waals surface area contributed by atoms with Crippen molar-refractivity contribution in [3.8, 4) is 0 Å². The van der Waals surface area contributed by atoms with Gasteiger partial charge in [0.2, 0.25) is 0 Å². The van der Waals surface area contributed by atoms with Crippen molar-refractivity contribution in [2.24, 2.45) is 11.8 Å². The molecule has 0 amide bonds. The summed E-state index contributed by atoms with van der Waals surface area (Å²) >= 11 is 0. The van der Waals surface area contributed by atoms with Gasteiger partial charge in [-0.25, -0.2) is 0 Å². The van der Waals surface area contributed by atoms with Crippen molar-refractivity contribution in [1.29, 1.82) is 0 Å². The van der Waals surface area contributed by atoms with Crippen LogP contribution in [0, 0.1) is 11.8 Å². The maximum absolute atomic E-state index is 5.41. The van der Waals surface area contributed by atoms with E-state index in [1.165, 1.54) is 0 Å². The number of hydrogen-bond donors (Lipinski definition) is 0. The monoisotopic (exact) mass is 188 g/mol. The topological polar surface area (TPSA) is 18.5 Å². The molecule has 0 aromatic carbocycles.